The Bertz CT molecular complexity index is 880. The molecule has 0 bridgehead atoms. The van der Waals surface area contributed by atoms with Crippen LogP contribution in [0.5, 0.6) is 11.5 Å². The summed E-state index contributed by atoms with van der Waals surface area (Å²) in [5.74, 6) is 1.68. The van der Waals surface area contributed by atoms with Crippen LogP contribution >= 0.6 is 0 Å². The van der Waals surface area contributed by atoms with Crippen molar-refractivity contribution in [1.82, 2.24) is 20.4 Å². The summed E-state index contributed by atoms with van der Waals surface area (Å²) < 4.78 is 10.6. The third-order valence-electron chi connectivity index (χ3n) is 5.48. The van der Waals surface area contributed by atoms with Crippen molar-refractivity contribution in [2.45, 2.75) is 39.2 Å². The number of rotatable bonds is 8. The van der Waals surface area contributed by atoms with E-state index in [9.17, 15) is 9.59 Å². The first-order valence-electron chi connectivity index (χ1n) is 10.3. The number of aromatic nitrogens is 2. The molecule has 0 radical (unpaired) electrons. The van der Waals surface area contributed by atoms with Crippen LogP contribution in [0.1, 0.15) is 47.4 Å². The second-order valence-electron chi connectivity index (χ2n) is 7.69. The number of hydrogen-bond donors (Lipinski definition) is 2. The summed E-state index contributed by atoms with van der Waals surface area (Å²) in [4.78, 5) is 26.8. The highest BCUT2D eigenvalue weighted by Gasteiger charge is 2.26. The van der Waals surface area contributed by atoms with E-state index in [0.717, 1.165) is 37.1 Å². The van der Waals surface area contributed by atoms with Gasteiger partial charge < -0.3 is 19.7 Å². The van der Waals surface area contributed by atoms with E-state index in [1.165, 1.54) is 0 Å². The van der Waals surface area contributed by atoms with Gasteiger partial charge in [0.05, 0.1) is 14.2 Å². The average Bonchev–Trinajstić information content (AvgIpc) is 3.22. The van der Waals surface area contributed by atoms with Crippen molar-refractivity contribution in [3.63, 3.8) is 0 Å². The third kappa shape index (κ3) is 5.52. The van der Waals surface area contributed by atoms with Crippen molar-refractivity contribution in [3.8, 4) is 11.5 Å². The number of carbonyl (C=O) groups excluding carboxylic acids is 2. The minimum Gasteiger partial charge on any atom is -0.497 e. The number of amides is 2. The average molecular weight is 415 g/mol. The Hall–Kier alpha value is -3.03. The smallest absolute Gasteiger partial charge is 0.274 e. The van der Waals surface area contributed by atoms with Gasteiger partial charge in [-0.15, -0.1) is 0 Å². The first kappa shape index (κ1) is 21.7. The molecule has 162 valence electrons. The molecule has 3 rings (SSSR count). The van der Waals surface area contributed by atoms with Crippen molar-refractivity contribution in [2.75, 3.05) is 27.3 Å². The van der Waals surface area contributed by atoms with Crippen molar-refractivity contribution in [2.24, 2.45) is 5.92 Å². The number of H-pyrrole nitrogens is 1. The van der Waals surface area contributed by atoms with E-state index in [1.54, 1.807) is 26.4 Å². The normalized spacial score (nSPS) is 16.2. The molecule has 1 fully saturated rings. The van der Waals surface area contributed by atoms with Crippen LogP contribution in [0.2, 0.25) is 0 Å². The van der Waals surface area contributed by atoms with E-state index in [4.69, 9.17) is 9.47 Å². The molecule has 1 aromatic heterocycles. The predicted molar refractivity (Wildman–Crippen MR) is 113 cm³/mol. The Morgan fingerprint density at radius 1 is 1.27 bits per heavy atom. The molecule has 0 saturated carbocycles. The van der Waals surface area contributed by atoms with Gasteiger partial charge in [0.15, 0.2) is 0 Å². The van der Waals surface area contributed by atoms with Gasteiger partial charge in [-0.25, -0.2) is 0 Å². The lowest BCUT2D eigenvalue weighted by molar-refractivity contribution is -0.121. The summed E-state index contributed by atoms with van der Waals surface area (Å²) in [6.07, 6.45) is 3.18. The van der Waals surface area contributed by atoms with E-state index in [2.05, 4.69) is 15.5 Å². The van der Waals surface area contributed by atoms with Crippen molar-refractivity contribution >= 4 is 11.8 Å². The number of benzene rings is 1. The fourth-order valence-corrected chi connectivity index (χ4v) is 3.79. The molecular formula is C22H30N4O4. The van der Waals surface area contributed by atoms with E-state index >= 15 is 0 Å². The van der Waals surface area contributed by atoms with Gasteiger partial charge in [0.25, 0.3) is 5.91 Å². The van der Waals surface area contributed by atoms with Gasteiger partial charge in [-0.2, -0.15) is 5.10 Å². The quantitative estimate of drug-likeness (QED) is 0.692. The molecule has 2 N–H and O–H groups in total. The summed E-state index contributed by atoms with van der Waals surface area (Å²) in [7, 11) is 3.20. The van der Waals surface area contributed by atoms with Gasteiger partial charge in [-0.1, -0.05) is 0 Å². The minimum absolute atomic E-state index is 0.000697. The third-order valence-corrected chi connectivity index (χ3v) is 5.48. The number of carbonyl (C=O) groups is 2. The Balaban J connectivity index is 1.46. The number of methoxy groups -OCH3 is 2. The first-order valence-corrected chi connectivity index (χ1v) is 10.3. The molecule has 1 aromatic carbocycles. The fraction of sp³-hybridized carbons (Fsp3) is 0.500. The lowest BCUT2D eigenvalue weighted by Gasteiger charge is -2.32. The maximum absolute atomic E-state index is 12.6. The van der Waals surface area contributed by atoms with Crippen molar-refractivity contribution in [1.29, 1.82) is 0 Å². The van der Waals surface area contributed by atoms with E-state index < -0.39 is 0 Å². The number of piperidine rings is 1. The molecule has 1 saturated heterocycles. The molecule has 2 aromatic rings. The summed E-state index contributed by atoms with van der Waals surface area (Å²) in [6, 6.07) is 7.31. The molecule has 2 amide bonds. The monoisotopic (exact) mass is 414 g/mol. The van der Waals surface area contributed by atoms with Crippen molar-refractivity contribution < 1.29 is 19.1 Å². The van der Waals surface area contributed by atoms with Gasteiger partial charge in [-0.05, 0) is 50.3 Å². The van der Waals surface area contributed by atoms with Crippen LogP contribution < -0.4 is 14.8 Å². The molecular weight excluding hydrogens is 384 g/mol. The Morgan fingerprint density at radius 3 is 2.80 bits per heavy atom. The Morgan fingerprint density at radius 2 is 2.10 bits per heavy atom. The van der Waals surface area contributed by atoms with E-state index in [1.807, 2.05) is 24.0 Å². The van der Waals surface area contributed by atoms with Crippen LogP contribution in [-0.2, 0) is 11.3 Å². The van der Waals surface area contributed by atoms with Gasteiger partial charge in [0.2, 0.25) is 5.91 Å². The Kier molecular flexibility index (Phi) is 7.32. The van der Waals surface area contributed by atoms with Crippen LogP contribution in [0.4, 0.5) is 0 Å². The predicted octanol–water partition coefficient (Wildman–Crippen LogP) is 2.68. The maximum atomic E-state index is 12.6. The minimum atomic E-state index is -0.0416. The second-order valence-corrected chi connectivity index (χ2v) is 7.69. The Labute approximate surface area is 176 Å². The molecule has 30 heavy (non-hydrogen) atoms. The number of aromatic amines is 1. The molecule has 8 nitrogen and oxygen atoms in total. The number of hydrogen-bond acceptors (Lipinski definition) is 5. The lowest BCUT2D eigenvalue weighted by atomic mass is 9.93. The second kappa shape index (κ2) is 10.1. The van der Waals surface area contributed by atoms with Crippen molar-refractivity contribution in [3.05, 3.63) is 41.2 Å². The number of nitrogens with one attached hydrogen (secondary N) is 2. The van der Waals surface area contributed by atoms with Crippen LogP contribution in [-0.4, -0.2) is 54.2 Å². The van der Waals surface area contributed by atoms with Gasteiger partial charge >= 0.3 is 0 Å². The van der Waals surface area contributed by atoms with E-state index in [-0.39, 0.29) is 11.8 Å². The summed E-state index contributed by atoms with van der Waals surface area (Å²) >= 11 is 0. The molecule has 0 aliphatic carbocycles. The zero-order chi connectivity index (χ0) is 21.5. The zero-order valence-corrected chi connectivity index (χ0v) is 17.9. The van der Waals surface area contributed by atoms with Gasteiger partial charge in [0, 0.05) is 43.4 Å². The summed E-state index contributed by atoms with van der Waals surface area (Å²) in [6.45, 7) is 3.69. The van der Waals surface area contributed by atoms with Crippen LogP contribution in [0.3, 0.4) is 0 Å². The molecule has 8 heteroatoms. The largest absolute Gasteiger partial charge is 0.497 e. The number of nitrogens with zero attached hydrogens (tertiary/aromatic N) is 2. The molecule has 2 heterocycles. The highest BCUT2D eigenvalue weighted by molar-refractivity contribution is 5.92. The number of ether oxygens (including phenoxy) is 2. The lowest BCUT2D eigenvalue weighted by Crippen LogP contribution is -2.40. The van der Waals surface area contributed by atoms with Crippen LogP contribution in [0.15, 0.2) is 24.3 Å². The van der Waals surface area contributed by atoms with E-state index in [0.29, 0.717) is 42.6 Å². The molecule has 1 atom stereocenters. The van der Waals surface area contributed by atoms with Gasteiger partial charge in [-0.3, -0.25) is 14.7 Å². The molecule has 1 aliphatic rings. The summed E-state index contributed by atoms with van der Waals surface area (Å²) in [5, 5.41) is 9.84. The first-order chi connectivity index (χ1) is 14.5. The highest BCUT2D eigenvalue weighted by Crippen LogP contribution is 2.25. The molecule has 0 spiro atoms. The zero-order valence-electron chi connectivity index (χ0n) is 17.9. The molecule has 0 unspecified atom stereocenters. The maximum Gasteiger partial charge on any atom is 0.274 e. The van der Waals surface area contributed by atoms with Crippen LogP contribution in [0.25, 0.3) is 0 Å². The summed E-state index contributed by atoms with van der Waals surface area (Å²) in [5.41, 5.74) is 2.23. The standard InChI is InChI=1S/C22H30N4O4/c1-15-11-19(25-24-15)22(28)26-10-4-5-16(14-26)6-9-21(27)23-13-17-7-8-18(29-2)12-20(17)30-3/h7-8,11-12,16H,4-6,9-10,13-14H2,1-3H3,(H,23,27)(H,24,25)/t16-/m1/s1. The van der Waals surface area contributed by atoms with Gasteiger partial charge in [0.1, 0.15) is 17.2 Å². The van der Waals surface area contributed by atoms with Crippen LogP contribution in [0, 0.1) is 12.8 Å². The topological polar surface area (TPSA) is 96.6 Å². The fourth-order valence-electron chi connectivity index (χ4n) is 3.79. The number of likely N-dealkylation sites (tertiary alicyclic amines) is 1. The highest BCUT2D eigenvalue weighted by atomic mass is 16.5. The number of aryl methyl sites for hydroxylation is 1. The molecule has 1 aliphatic heterocycles. The SMILES string of the molecule is COc1ccc(CNC(=O)CC[C@H]2CCCN(C(=O)c3cc(C)[nH]n3)C2)c(OC)c1.